The SMILES string of the molecule is CCOC(=O)c1ccc2nc(NCCN)[nH]c2c1. The van der Waals surface area contributed by atoms with Crippen molar-refractivity contribution in [1.29, 1.82) is 0 Å². The molecule has 6 nitrogen and oxygen atoms in total. The predicted molar refractivity (Wildman–Crippen MR) is 69.6 cm³/mol. The number of aromatic amines is 1. The van der Waals surface area contributed by atoms with E-state index in [9.17, 15) is 4.79 Å². The Morgan fingerprint density at radius 1 is 1.56 bits per heavy atom. The van der Waals surface area contributed by atoms with Crippen molar-refractivity contribution in [1.82, 2.24) is 9.97 Å². The lowest BCUT2D eigenvalue weighted by Gasteiger charge is -2.00. The number of nitrogens with two attached hydrogens (primary N) is 1. The van der Waals surface area contributed by atoms with Crippen LogP contribution in [0.25, 0.3) is 11.0 Å². The van der Waals surface area contributed by atoms with Gasteiger partial charge in [-0.25, -0.2) is 9.78 Å². The summed E-state index contributed by atoms with van der Waals surface area (Å²) in [5.41, 5.74) is 7.50. The number of carbonyl (C=O) groups is 1. The van der Waals surface area contributed by atoms with Crippen LogP contribution < -0.4 is 11.1 Å². The number of hydrogen-bond donors (Lipinski definition) is 3. The number of anilines is 1. The third kappa shape index (κ3) is 2.60. The van der Waals surface area contributed by atoms with E-state index in [4.69, 9.17) is 10.5 Å². The molecule has 0 aliphatic heterocycles. The molecule has 0 saturated carbocycles. The summed E-state index contributed by atoms with van der Waals surface area (Å²) in [6.45, 7) is 3.32. The number of carbonyl (C=O) groups excluding carboxylic acids is 1. The lowest BCUT2D eigenvalue weighted by Crippen LogP contribution is -2.13. The third-order valence-electron chi connectivity index (χ3n) is 2.43. The summed E-state index contributed by atoms with van der Waals surface area (Å²) in [7, 11) is 0. The maximum Gasteiger partial charge on any atom is 0.338 e. The lowest BCUT2D eigenvalue weighted by atomic mass is 10.2. The first-order valence-corrected chi connectivity index (χ1v) is 5.85. The molecule has 0 saturated heterocycles. The zero-order valence-corrected chi connectivity index (χ0v) is 10.2. The fourth-order valence-electron chi connectivity index (χ4n) is 1.63. The number of nitrogens with one attached hydrogen (secondary N) is 2. The van der Waals surface area contributed by atoms with Gasteiger partial charge in [-0.1, -0.05) is 0 Å². The number of nitrogens with zero attached hydrogens (tertiary/aromatic N) is 1. The Morgan fingerprint density at radius 3 is 3.11 bits per heavy atom. The molecule has 18 heavy (non-hydrogen) atoms. The molecule has 6 heteroatoms. The van der Waals surface area contributed by atoms with Gasteiger partial charge >= 0.3 is 5.97 Å². The highest BCUT2D eigenvalue weighted by atomic mass is 16.5. The minimum Gasteiger partial charge on any atom is -0.462 e. The minimum atomic E-state index is -0.328. The van der Waals surface area contributed by atoms with Gasteiger partial charge in [0.05, 0.1) is 23.2 Å². The van der Waals surface area contributed by atoms with E-state index in [0.29, 0.717) is 31.2 Å². The van der Waals surface area contributed by atoms with Crippen LogP contribution in [0.3, 0.4) is 0 Å². The molecule has 96 valence electrons. The van der Waals surface area contributed by atoms with E-state index in [-0.39, 0.29) is 5.97 Å². The quantitative estimate of drug-likeness (QED) is 0.689. The lowest BCUT2D eigenvalue weighted by molar-refractivity contribution is 0.0526. The van der Waals surface area contributed by atoms with Crippen molar-refractivity contribution in [2.75, 3.05) is 25.0 Å². The molecule has 0 aliphatic rings. The molecule has 0 spiro atoms. The number of ether oxygens (including phenoxy) is 1. The van der Waals surface area contributed by atoms with Gasteiger partial charge in [0.15, 0.2) is 0 Å². The molecule has 0 atom stereocenters. The summed E-state index contributed by atoms with van der Waals surface area (Å²) in [5.74, 6) is 0.321. The number of rotatable bonds is 5. The highest BCUT2D eigenvalue weighted by molar-refractivity contribution is 5.93. The molecule has 0 fully saturated rings. The van der Waals surface area contributed by atoms with Gasteiger partial charge in [0.2, 0.25) is 5.95 Å². The molecule has 0 amide bonds. The van der Waals surface area contributed by atoms with E-state index in [0.717, 1.165) is 11.0 Å². The minimum absolute atomic E-state index is 0.328. The van der Waals surface area contributed by atoms with Crippen molar-refractivity contribution in [3.05, 3.63) is 23.8 Å². The van der Waals surface area contributed by atoms with Gasteiger partial charge in [-0.2, -0.15) is 0 Å². The number of H-pyrrole nitrogens is 1. The van der Waals surface area contributed by atoms with Crippen LogP contribution in [0, 0.1) is 0 Å². The van der Waals surface area contributed by atoms with E-state index in [1.807, 2.05) is 0 Å². The first kappa shape index (κ1) is 12.4. The van der Waals surface area contributed by atoms with E-state index in [2.05, 4.69) is 15.3 Å². The summed E-state index contributed by atoms with van der Waals surface area (Å²) in [5, 5.41) is 3.05. The van der Waals surface area contributed by atoms with Gasteiger partial charge in [-0.15, -0.1) is 0 Å². The molecule has 1 heterocycles. The fourth-order valence-corrected chi connectivity index (χ4v) is 1.63. The molecular weight excluding hydrogens is 232 g/mol. The van der Waals surface area contributed by atoms with Gasteiger partial charge < -0.3 is 20.8 Å². The Labute approximate surface area is 105 Å². The van der Waals surface area contributed by atoms with Crippen molar-refractivity contribution in [2.45, 2.75) is 6.92 Å². The van der Waals surface area contributed by atoms with Crippen LogP contribution in [0.5, 0.6) is 0 Å². The standard InChI is InChI=1S/C12H16N4O2/c1-2-18-11(17)8-3-4-9-10(7-8)16-12(15-9)14-6-5-13/h3-4,7H,2,5-6,13H2,1H3,(H2,14,15,16). The molecule has 0 radical (unpaired) electrons. The number of hydrogen-bond acceptors (Lipinski definition) is 5. The first-order valence-electron chi connectivity index (χ1n) is 5.85. The Kier molecular flexibility index (Phi) is 3.78. The average Bonchev–Trinajstić information content (AvgIpc) is 2.78. The van der Waals surface area contributed by atoms with Crippen LogP contribution in [0.2, 0.25) is 0 Å². The highest BCUT2D eigenvalue weighted by Gasteiger charge is 2.09. The van der Waals surface area contributed by atoms with Crippen molar-refractivity contribution < 1.29 is 9.53 Å². The van der Waals surface area contributed by atoms with E-state index in [1.54, 1.807) is 25.1 Å². The van der Waals surface area contributed by atoms with Crippen LogP contribution in [0.4, 0.5) is 5.95 Å². The Bertz CT molecular complexity index is 550. The average molecular weight is 248 g/mol. The highest BCUT2D eigenvalue weighted by Crippen LogP contribution is 2.16. The second-order valence-electron chi connectivity index (χ2n) is 3.75. The van der Waals surface area contributed by atoms with Crippen LogP contribution >= 0.6 is 0 Å². The largest absolute Gasteiger partial charge is 0.462 e. The van der Waals surface area contributed by atoms with E-state index in [1.165, 1.54) is 0 Å². The summed E-state index contributed by atoms with van der Waals surface area (Å²) in [6, 6.07) is 5.22. The van der Waals surface area contributed by atoms with Crippen molar-refractivity contribution >= 4 is 23.0 Å². The maximum atomic E-state index is 11.6. The maximum absolute atomic E-state index is 11.6. The first-order chi connectivity index (χ1) is 8.74. The number of aromatic nitrogens is 2. The van der Waals surface area contributed by atoms with Gasteiger partial charge in [0.1, 0.15) is 0 Å². The Hall–Kier alpha value is -2.08. The number of fused-ring (bicyclic) bond motifs is 1. The van der Waals surface area contributed by atoms with Crippen molar-refractivity contribution in [2.24, 2.45) is 5.73 Å². The Morgan fingerprint density at radius 2 is 2.39 bits per heavy atom. The zero-order chi connectivity index (χ0) is 13.0. The molecule has 1 aromatic carbocycles. The molecule has 4 N–H and O–H groups in total. The number of imidazole rings is 1. The normalized spacial score (nSPS) is 10.6. The summed E-state index contributed by atoms with van der Waals surface area (Å²) in [4.78, 5) is 19.0. The molecule has 2 aromatic rings. The Balaban J connectivity index is 2.25. The summed E-state index contributed by atoms with van der Waals surface area (Å²) >= 11 is 0. The van der Waals surface area contributed by atoms with Crippen LogP contribution in [-0.2, 0) is 4.74 Å². The van der Waals surface area contributed by atoms with Crippen LogP contribution in [0.15, 0.2) is 18.2 Å². The van der Waals surface area contributed by atoms with Crippen LogP contribution in [-0.4, -0.2) is 35.6 Å². The van der Waals surface area contributed by atoms with Crippen LogP contribution in [0.1, 0.15) is 17.3 Å². The fraction of sp³-hybridized carbons (Fsp3) is 0.333. The predicted octanol–water partition coefficient (Wildman–Crippen LogP) is 1.11. The summed E-state index contributed by atoms with van der Waals surface area (Å²) < 4.78 is 4.94. The van der Waals surface area contributed by atoms with Crippen molar-refractivity contribution in [3.8, 4) is 0 Å². The van der Waals surface area contributed by atoms with Gasteiger partial charge in [0, 0.05) is 13.1 Å². The van der Waals surface area contributed by atoms with Crippen molar-refractivity contribution in [3.63, 3.8) is 0 Å². The van der Waals surface area contributed by atoms with Gasteiger partial charge in [-0.3, -0.25) is 0 Å². The molecule has 2 rings (SSSR count). The molecule has 1 aromatic heterocycles. The number of esters is 1. The smallest absolute Gasteiger partial charge is 0.338 e. The monoisotopic (exact) mass is 248 g/mol. The van der Waals surface area contributed by atoms with E-state index < -0.39 is 0 Å². The molecule has 0 unspecified atom stereocenters. The molecule has 0 aliphatic carbocycles. The number of benzene rings is 1. The zero-order valence-electron chi connectivity index (χ0n) is 10.2. The second kappa shape index (κ2) is 5.50. The van der Waals surface area contributed by atoms with E-state index >= 15 is 0 Å². The molecule has 0 bridgehead atoms. The second-order valence-corrected chi connectivity index (χ2v) is 3.75. The molecular formula is C12H16N4O2. The van der Waals surface area contributed by atoms with Gasteiger partial charge in [0.25, 0.3) is 0 Å². The third-order valence-corrected chi connectivity index (χ3v) is 2.43. The topological polar surface area (TPSA) is 93.0 Å². The van der Waals surface area contributed by atoms with Gasteiger partial charge in [-0.05, 0) is 25.1 Å². The summed E-state index contributed by atoms with van der Waals surface area (Å²) in [6.07, 6.45) is 0.